The van der Waals surface area contributed by atoms with Gasteiger partial charge in [-0.05, 0) is 29.9 Å². The predicted molar refractivity (Wildman–Crippen MR) is 80.8 cm³/mol. The van der Waals surface area contributed by atoms with Gasteiger partial charge in [0.05, 0.1) is 0 Å². The van der Waals surface area contributed by atoms with Crippen molar-refractivity contribution in [1.29, 1.82) is 0 Å². The number of hydrogen-bond donors (Lipinski definition) is 3. The summed E-state index contributed by atoms with van der Waals surface area (Å²) in [5.41, 5.74) is 7.72. The topological polar surface area (TPSA) is 67.1 Å². The highest BCUT2D eigenvalue weighted by atomic mass is 16.2. The molecule has 4 N–H and O–H groups in total. The molecule has 2 amide bonds. The van der Waals surface area contributed by atoms with Crippen LogP contribution in [0.5, 0.6) is 0 Å². The molecule has 1 aliphatic rings. The molecule has 4 heteroatoms. The number of rotatable bonds is 5. The maximum absolute atomic E-state index is 11.6. The van der Waals surface area contributed by atoms with Crippen molar-refractivity contribution >= 4 is 6.03 Å². The van der Waals surface area contributed by atoms with Gasteiger partial charge >= 0.3 is 6.03 Å². The number of amides is 2. The van der Waals surface area contributed by atoms with E-state index >= 15 is 0 Å². The summed E-state index contributed by atoms with van der Waals surface area (Å²) in [4.78, 5) is 11.6. The van der Waals surface area contributed by atoms with Crippen LogP contribution in [0.3, 0.4) is 0 Å². The Bertz CT molecular complexity index is 465. The van der Waals surface area contributed by atoms with Crippen molar-refractivity contribution in [2.45, 2.75) is 38.8 Å². The van der Waals surface area contributed by atoms with Crippen LogP contribution >= 0.6 is 0 Å². The molecule has 108 valence electrons. The van der Waals surface area contributed by atoms with Gasteiger partial charge in [0.2, 0.25) is 0 Å². The molecule has 0 atom stereocenters. The van der Waals surface area contributed by atoms with Gasteiger partial charge in [0, 0.05) is 19.3 Å². The Hall–Kier alpha value is -1.81. The fraction of sp³-hybridized carbons (Fsp3) is 0.438. The Morgan fingerprint density at radius 3 is 2.80 bits per heavy atom. The lowest BCUT2D eigenvalue weighted by Crippen LogP contribution is -2.31. The van der Waals surface area contributed by atoms with E-state index in [1.807, 2.05) is 24.3 Å². The third kappa shape index (κ3) is 4.70. The summed E-state index contributed by atoms with van der Waals surface area (Å²) in [6.07, 6.45) is 8.96. The number of nitrogens with two attached hydrogens (primary N) is 1. The molecular formula is C16H23N3O. The fourth-order valence-corrected chi connectivity index (χ4v) is 2.51. The van der Waals surface area contributed by atoms with E-state index in [0.29, 0.717) is 19.0 Å². The molecule has 1 saturated carbocycles. The fourth-order valence-electron chi connectivity index (χ4n) is 2.51. The maximum atomic E-state index is 11.6. The highest BCUT2D eigenvalue weighted by molar-refractivity contribution is 5.74. The van der Waals surface area contributed by atoms with Crippen molar-refractivity contribution in [2.75, 3.05) is 0 Å². The zero-order chi connectivity index (χ0) is 14.2. The minimum absolute atomic E-state index is 0.169. The largest absolute Gasteiger partial charge is 0.334 e. The summed E-state index contributed by atoms with van der Waals surface area (Å²) in [5, 5.41) is 5.59. The van der Waals surface area contributed by atoms with Crippen LogP contribution in [-0.4, -0.2) is 6.03 Å². The second kappa shape index (κ2) is 7.70. The molecule has 0 radical (unpaired) electrons. The van der Waals surface area contributed by atoms with E-state index in [2.05, 4.69) is 16.7 Å². The van der Waals surface area contributed by atoms with E-state index in [4.69, 9.17) is 5.73 Å². The van der Waals surface area contributed by atoms with Crippen molar-refractivity contribution in [3.05, 3.63) is 47.7 Å². The number of nitrogens with one attached hydrogen (secondary N) is 2. The first-order chi connectivity index (χ1) is 9.78. The lowest BCUT2D eigenvalue weighted by Gasteiger charge is -2.07. The molecule has 2 rings (SSSR count). The minimum Gasteiger partial charge on any atom is -0.334 e. The van der Waals surface area contributed by atoms with Gasteiger partial charge in [-0.2, -0.15) is 0 Å². The number of allylic oxidation sites excluding steroid dienone is 1. The summed E-state index contributed by atoms with van der Waals surface area (Å²) >= 11 is 0. The van der Waals surface area contributed by atoms with Crippen LogP contribution in [0.4, 0.5) is 4.79 Å². The first-order valence-corrected chi connectivity index (χ1v) is 7.27. The van der Waals surface area contributed by atoms with Crippen LogP contribution in [0.15, 0.2) is 36.5 Å². The average Bonchev–Trinajstić information content (AvgIpc) is 2.98. The Kier molecular flexibility index (Phi) is 5.62. The minimum atomic E-state index is -0.169. The van der Waals surface area contributed by atoms with Gasteiger partial charge in [0.25, 0.3) is 0 Å². The zero-order valence-electron chi connectivity index (χ0n) is 11.8. The van der Waals surface area contributed by atoms with Crippen molar-refractivity contribution in [3.63, 3.8) is 0 Å². The van der Waals surface area contributed by atoms with E-state index < -0.39 is 0 Å². The standard InChI is InChI=1S/C16H23N3O/c17-11-14-6-3-7-15(10-14)12-19-16(20)18-9-8-13-4-1-2-5-13/h3,6-10,13H,1-2,4-5,11-12,17H2,(H2,18,19,20)/b9-8+. The van der Waals surface area contributed by atoms with Crippen molar-refractivity contribution in [1.82, 2.24) is 10.6 Å². The van der Waals surface area contributed by atoms with Gasteiger partial charge in [0.15, 0.2) is 0 Å². The lowest BCUT2D eigenvalue weighted by atomic mass is 10.1. The normalized spacial score (nSPS) is 15.7. The Morgan fingerprint density at radius 1 is 1.30 bits per heavy atom. The molecule has 1 aliphatic carbocycles. The van der Waals surface area contributed by atoms with Crippen molar-refractivity contribution in [2.24, 2.45) is 11.7 Å². The van der Waals surface area contributed by atoms with Gasteiger partial charge in [-0.25, -0.2) is 4.79 Å². The molecule has 0 aromatic heterocycles. The number of carbonyl (C=O) groups excluding carboxylic acids is 1. The molecule has 4 nitrogen and oxygen atoms in total. The van der Waals surface area contributed by atoms with Crippen LogP contribution in [-0.2, 0) is 13.1 Å². The first-order valence-electron chi connectivity index (χ1n) is 7.27. The number of urea groups is 1. The molecule has 1 aromatic carbocycles. The second-order valence-electron chi connectivity index (χ2n) is 5.25. The third-order valence-corrected chi connectivity index (χ3v) is 3.66. The summed E-state index contributed by atoms with van der Waals surface area (Å²) in [6.45, 7) is 1.03. The van der Waals surface area contributed by atoms with Crippen LogP contribution in [0.25, 0.3) is 0 Å². The van der Waals surface area contributed by atoms with E-state index in [9.17, 15) is 4.79 Å². The third-order valence-electron chi connectivity index (χ3n) is 3.66. The van der Waals surface area contributed by atoms with Gasteiger partial charge in [-0.1, -0.05) is 43.2 Å². The predicted octanol–water partition coefficient (Wildman–Crippen LogP) is 2.65. The highest BCUT2D eigenvalue weighted by Crippen LogP contribution is 2.25. The quantitative estimate of drug-likeness (QED) is 0.772. The van der Waals surface area contributed by atoms with E-state index in [0.717, 1.165) is 11.1 Å². The van der Waals surface area contributed by atoms with E-state index in [1.54, 1.807) is 6.20 Å². The smallest absolute Gasteiger partial charge is 0.319 e. The monoisotopic (exact) mass is 273 g/mol. The average molecular weight is 273 g/mol. The molecule has 0 saturated heterocycles. The lowest BCUT2D eigenvalue weighted by molar-refractivity contribution is 0.243. The SMILES string of the molecule is NCc1cccc(CNC(=O)N/C=C/C2CCCC2)c1. The highest BCUT2D eigenvalue weighted by Gasteiger charge is 2.11. The number of carbonyl (C=O) groups is 1. The van der Waals surface area contributed by atoms with E-state index in [-0.39, 0.29) is 6.03 Å². The number of benzene rings is 1. The summed E-state index contributed by atoms with van der Waals surface area (Å²) in [5.74, 6) is 0.636. The Morgan fingerprint density at radius 2 is 2.05 bits per heavy atom. The van der Waals surface area contributed by atoms with Crippen molar-refractivity contribution in [3.8, 4) is 0 Å². The zero-order valence-corrected chi connectivity index (χ0v) is 11.8. The Labute approximate surface area is 120 Å². The summed E-state index contributed by atoms with van der Waals surface area (Å²) in [7, 11) is 0. The molecule has 0 heterocycles. The van der Waals surface area contributed by atoms with Gasteiger partial charge in [-0.3, -0.25) is 0 Å². The molecule has 0 unspecified atom stereocenters. The van der Waals surface area contributed by atoms with Crippen LogP contribution in [0.2, 0.25) is 0 Å². The molecule has 0 bridgehead atoms. The van der Waals surface area contributed by atoms with Crippen LogP contribution < -0.4 is 16.4 Å². The maximum Gasteiger partial charge on any atom is 0.319 e. The summed E-state index contributed by atoms with van der Waals surface area (Å²) < 4.78 is 0. The van der Waals surface area contributed by atoms with Gasteiger partial charge in [-0.15, -0.1) is 0 Å². The molecule has 0 spiro atoms. The number of hydrogen-bond acceptors (Lipinski definition) is 2. The second-order valence-corrected chi connectivity index (χ2v) is 5.25. The molecule has 1 fully saturated rings. The molecular weight excluding hydrogens is 250 g/mol. The van der Waals surface area contributed by atoms with Crippen molar-refractivity contribution < 1.29 is 4.79 Å². The molecule has 0 aliphatic heterocycles. The van der Waals surface area contributed by atoms with Gasteiger partial charge < -0.3 is 16.4 Å². The first kappa shape index (κ1) is 14.6. The van der Waals surface area contributed by atoms with Crippen LogP contribution in [0, 0.1) is 5.92 Å². The Balaban J connectivity index is 1.71. The van der Waals surface area contributed by atoms with Gasteiger partial charge in [0.1, 0.15) is 0 Å². The van der Waals surface area contributed by atoms with E-state index in [1.165, 1.54) is 25.7 Å². The molecule has 20 heavy (non-hydrogen) atoms. The van der Waals surface area contributed by atoms with Crippen LogP contribution in [0.1, 0.15) is 36.8 Å². The molecule has 1 aromatic rings. The summed E-state index contributed by atoms with van der Waals surface area (Å²) in [6, 6.07) is 7.76.